The van der Waals surface area contributed by atoms with Crippen LogP contribution < -0.4 is 4.90 Å². The van der Waals surface area contributed by atoms with Crippen LogP contribution in [0.1, 0.15) is 41.3 Å². The maximum Gasteiger partial charge on any atom is 0.260 e. The molecule has 0 saturated carbocycles. The molecule has 0 spiro atoms. The summed E-state index contributed by atoms with van der Waals surface area (Å²) in [6.45, 7) is 4.59. The Morgan fingerprint density at radius 1 is 1.10 bits per heavy atom. The maximum absolute atomic E-state index is 13.3. The van der Waals surface area contributed by atoms with Crippen LogP contribution in [0.2, 0.25) is 0 Å². The van der Waals surface area contributed by atoms with Gasteiger partial charge in [-0.1, -0.05) is 43.4 Å². The number of anilines is 1. The van der Waals surface area contributed by atoms with E-state index in [4.69, 9.17) is 4.98 Å². The second-order valence-electron chi connectivity index (χ2n) is 7.10. The van der Waals surface area contributed by atoms with Crippen molar-refractivity contribution in [3.63, 3.8) is 0 Å². The van der Waals surface area contributed by atoms with Gasteiger partial charge in [0.25, 0.3) is 5.91 Å². The van der Waals surface area contributed by atoms with Crippen molar-refractivity contribution in [2.75, 3.05) is 4.90 Å². The summed E-state index contributed by atoms with van der Waals surface area (Å²) in [6.07, 6.45) is 3.43. The van der Waals surface area contributed by atoms with E-state index in [0.717, 1.165) is 21.3 Å². The second kappa shape index (κ2) is 8.09. The van der Waals surface area contributed by atoms with E-state index in [1.165, 1.54) is 35.6 Å². The minimum Gasteiger partial charge on any atom is -0.279 e. The standard InChI is InChI=1S/C23H20FN3OS/c1-15(2)19-6-3-7-20-21(19)26-23(29-20)27(14-16-5-4-12-25-13-16)22(28)17-8-10-18(24)11-9-17/h3-13,15H,14H2,1-2H3. The summed E-state index contributed by atoms with van der Waals surface area (Å²) in [5.41, 5.74) is 3.39. The lowest BCUT2D eigenvalue weighted by Gasteiger charge is -2.20. The highest BCUT2D eigenvalue weighted by Gasteiger charge is 2.23. The first-order valence-electron chi connectivity index (χ1n) is 9.38. The summed E-state index contributed by atoms with van der Waals surface area (Å²) in [5, 5.41) is 0.617. The van der Waals surface area contributed by atoms with Crippen molar-refractivity contribution in [1.29, 1.82) is 0 Å². The molecule has 4 aromatic rings. The van der Waals surface area contributed by atoms with Crippen molar-refractivity contribution in [2.45, 2.75) is 26.3 Å². The van der Waals surface area contributed by atoms with Crippen molar-refractivity contribution < 1.29 is 9.18 Å². The zero-order valence-corrected chi connectivity index (χ0v) is 17.0. The highest BCUT2D eigenvalue weighted by atomic mass is 32.1. The molecule has 146 valence electrons. The van der Waals surface area contributed by atoms with Gasteiger partial charge in [0.15, 0.2) is 5.13 Å². The number of para-hydroxylation sites is 1. The molecular formula is C23H20FN3OS. The fourth-order valence-corrected chi connectivity index (χ4v) is 4.19. The first kappa shape index (κ1) is 19.2. The van der Waals surface area contributed by atoms with Gasteiger partial charge >= 0.3 is 0 Å². The average Bonchev–Trinajstić information content (AvgIpc) is 3.16. The van der Waals surface area contributed by atoms with Crippen LogP contribution >= 0.6 is 11.3 Å². The molecule has 0 atom stereocenters. The third-order valence-electron chi connectivity index (χ3n) is 4.69. The molecule has 6 heteroatoms. The number of nitrogens with zero attached hydrogens (tertiary/aromatic N) is 3. The number of thiazole rings is 1. The van der Waals surface area contributed by atoms with Gasteiger partial charge in [-0.2, -0.15) is 0 Å². The zero-order chi connectivity index (χ0) is 20.4. The minimum atomic E-state index is -0.373. The van der Waals surface area contributed by atoms with Gasteiger partial charge in [0, 0.05) is 18.0 Å². The van der Waals surface area contributed by atoms with Gasteiger partial charge in [0.05, 0.1) is 16.8 Å². The van der Waals surface area contributed by atoms with Crippen molar-refractivity contribution in [3.05, 3.63) is 89.5 Å². The highest BCUT2D eigenvalue weighted by Crippen LogP contribution is 2.34. The van der Waals surface area contributed by atoms with Crippen molar-refractivity contribution in [1.82, 2.24) is 9.97 Å². The van der Waals surface area contributed by atoms with Crippen LogP contribution in [0.5, 0.6) is 0 Å². The van der Waals surface area contributed by atoms with Crippen LogP contribution in [0.3, 0.4) is 0 Å². The van der Waals surface area contributed by atoms with Gasteiger partial charge in [-0.15, -0.1) is 0 Å². The number of pyridine rings is 1. The molecule has 0 fully saturated rings. The molecule has 4 rings (SSSR count). The first-order chi connectivity index (χ1) is 14.0. The largest absolute Gasteiger partial charge is 0.279 e. The van der Waals surface area contributed by atoms with Crippen molar-refractivity contribution >= 4 is 32.6 Å². The lowest BCUT2D eigenvalue weighted by molar-refractivity contribution is 0.0985. The Morgan fingerprint density at radius 3 is 2.59 bits per heavy atom. The summed E-state index contributed by atoms with van der Waals surface area (Å²) in [5.74, 6) is -0.269. The lowest BCUT2D eigenvalue weighted by Crippen LogP contribution is -2.30. The smallest absolute Gasteiger partial charge is 0.260 e. The predicted molar refractivity (Wildman–Crippen MR) is 115 cm³/mol. The van der Waals surface area contributed by atoms with Gasteiger partial charge in [-0.05, 0) is 53.4 Å². The van der Waals surface area contributed by atoms with E-state index >= 15 is 0 Å². The molecule has 0 bridgehead atoms. The number of carbonyl (C=O) groups excluding carboxylic acids is 1. The Bertz CT molecular complexity index is 1140. The van der Waals surface area contributed by atoms with E-state index in [2.05, 4.69) is 24.9 Å². The SMILES string of the molecule is CC(C)c1cccc2sc(N(Cc3cccnc3)C(=O)c3ccc(F)cc3)nc12. The minimum absolute atomic E-state index is 0.223. The fraction of sp³-hybridized carbons (Fsp3) is 0.174. The molecule has 0 aliphatic rings. The van der Waals surface area contributed by atoms with Gasteiger partial charge in [0.2, 0.25) is 0 Å². The molecule has 29 heavy (non-hydrogen) atoms. The molecule has 2 aromatic heterocycles. The number of halogens is 1. The molecule has 2 aromatic carbocycles. The Balaban J connectivity index is 1.79. The summed E-state index contributed by atoms with van der Waals surface area (Å²) in [6, 6.07) is 15.5. The van der Waals surface area contributed by atoms with E-state index in [0.29, 0.717) is 23.2 Å². The third kappa shape index (κ3) is 4.03. The Labute approximate surface area is 172 Å². The van der Waals surface area contributed by atoms with E-state index in [1.54, 1.807) is 17.3 Å². The Morgan fingerprint density at radius 2 is 1.90 bits per heavy atom. The fourth-order valence-electron chi connectivity index (χ4n) is 3.19. The number of benzene rings is 2. The first-order valence-corrected chi connectivity index (χ1v) is 10.2. The topological polar surface area (TPSA) is 46.1 Å². The van der Waals surface area contributed by atoms with Gasteiger partial charge < -0.3 is 0 Å². The predicted octanol–water partition coefficient (Wildman–Crippen LogP) is 5.80. The van der Waals surface area contributed by atoms with Crippen LogP contribution in [-0.4, -0.2) is 15.9 Å². The summed E-state index contributed by atoms with van der Waals surface area (Å²) in [7, 11) is 0. The molecule has 1 amide bonds. The van der Waals surface area contributed by atoms with Gasteiger partial charge in [-0.3, -0.25) is 14.7 Å². The summed E-state index contributed by atoms with van der Waals surface area (Å²) in [4.78, 5) is 23.9. The molecule has 0 aliphatic carbocycles. The van der Waals surface area contributed by atoms with Crippen LogP contribution in [0, 0.1) is 5.82 Å². The molecule has 0 N–H and O–H groups in total. The molecule has 0 radical (unpaired) electrons. The van der Waals surface area contributed by atoms with Crippen LogP contribution in [0.4, 0.5) is 9.52 Å². The summed E-state index contributed by atoms with van der Waals surface area (Å²) >= 11 is 1.48. The molecular weight excluding hydrogens is 385 g/mol. The zero-order valence-electron chi connectivity index (χ0n) is 16.2. The number of hydrogen-bond acceptors (Lipinski definition) is 4. The normalized spacial score (nSPS) is 11.2. The number of aromatic nitrogens is 2. The monoisotopic (exact) mass is 405 g/mol. The Kier molecular flexibility index (Phi) is 5.36. The molecule has 0 saturated heterocycles. The maximum atomic E-state index is 13.3. The van der Waals surface area contributed by atoms with E-state index in [9.17, 15) is 9.18 Å². The third-order valence-corrected chi connectivity index (χ3v) is 5.74. The average molecular weight is 405 g/mol. The number of rotatable bonds is 5. The van der Waals surface area contributed by atoms with E-state index < -0.39 is 0 Å². The van der Waals surface area contributed by atoms with Crippen molar-refractivity contribution in [3.8, 4) is 0 Å². The molecule has 0 aliphatic heterocycles. The van der Waals surface area contributed by atoms with E-state index in [1.807, 2.05) is 24.3 Å². The van der Waals surface area contributed by atoms with Crippen LogP contribution in [0.15, 0.2) is 67.0 Å². The summed E-state index contributed by atoms with van der Waals surface area (Å²) < 4.78 is 14.4. The number of carbonyl (C=O) groups is 1. The van der Waals surface area contributed by atoms with Gasteiger partial charge in [-0.25, -0.2) is 9.37 Å². The molecule has 2 heterocycles. The Hall–Kier alpha value is -3.12. The quantitative estimate of drug-likeness (QED) is 0.421. The number of fused-ring (bicyclic) bond motifs is 1. The highest BCUT2D eigenvalue weighted by molar-refractivity contribution is 7.22. The number of amides is 1. The molecule has 4 nitrogen and oxygen atoms in total. The van der Waals surface area contributed by atoms with Crippen LogP contribution in [0.25, 0.3) is 10.2 Å². The molecule has 0 unspecified atom stereocenters. The lowest BCUT2D eigenvalue weighted by atomic mass is 10.0. The second-order valence-corrected chi connectivity index (χ2v) is 8.11. The van der Waals surface area contributed by atoms with Crippen LogP contribution in [-0.2, 0) is 6.54 Å². The van der Waals surface area contributed by atoms with Crippen molar-refractivity contribution in [2.24, 2.45) is 0 Å². The van der Waals surface area contributed by atoms with E-state index in [-0.39, 0.29) is 11.7 Å². The van der Waals surface area contributed by atoms with Gasteiger partial charge in [0.1, 0.15) is 5.82 Å². The number of hydrogen-bond donors (Lipinski definition) is 0.